The van der Waals surface area contributed by atoms with Gasteiger partial charge in [0.1, 0.15) is 25.8 Å². The molecule has 0 radical (unpaired) electrons. The molecule has 2 amide bonds. The SMILES string of the molecule is CC[C@@H](C(=O)NC(C)(C)C)N(CCc1ccccc1)C(=O)CN(c1ccc2c(c1)OCCO2)S(C)(=O)=O. The highest BCUT2D eigenvalue weighted by Gasteiger charge is 2.33. The molecule has 0 saturated heterocycles. The molecular weight excluding hydrogens is 494 g/mol. The predicted molar refractivity (Wildman–Crippen MR) is 143 cm³/mol. The summed E-state index contributed by atoms with van der Waals surface area (Å²) in [5.74, 6) is 0.194. The first-order valence-electron chi connectivity index (χ1n) is 12.4. The van der Waals surface area contributed by atoms with E-state index in [1.165, 1.54) is 4.90 Å². The third kappa shape index (κ3) is 7.85. The highest BCUT2D eigenvalue weighted by atomic mass is 32.2. The largest absolute Gasteiger partial charge is 0.486 e. The first-order valence-corrected chi connectivity index (χ1v) is 14.3. The van der Waals surface area contributed by atoms with Crippen molar-refractivity contribution >= 4 is 27.5 Å². The number of nitrogens with one attached hydrogen (secondary N) is 1. The van der Waals surface area contributed by atoms with Crippen LogP contribution >= 0.6 is 0 Å². The Hall–Kier alpha value is -3.27. The molecular formula is C27H37N3O6S. The minimum atomic E-state index is -3.83. The van der Waals surface area contributed by atoms with E-state index in [0.717, 1.165) is 16.1 Å². The number of carbonyl (C=O) groups excluding carboxylic acids is 2. The average Bonchev–Trinajstić information content (AvgIpc) is 2.83. The molecule has 202 valence electrons. The van der Waals surface area contributed by atoms with Crippen molar-refractivity contribution < 1.29 is 27.5 Å². The number of hydrogen-bond acceptors (Lipinski definition) is 6. The van der Waals surface area contributed by atoms with Crippen molar-refractivity contribution in [1.29, 1.82) is 0 Å². The maximum Gasteiger partial charge on any atom is 0.244 e. The third-order valence-electron chi connectivity index (χ3n) is 5.86. The first kappa shape index (κ1) is 28.3. The summed E-state index contributed by atoms with van der Waals surface area (Å²) in [5.41, 5.74) is 0.816. The van der Waals surface area contributed by atoms with Crippen molar-refractivity contribution in [2.75, 3.05) is 36.9 Å². The van der Waals surface area contributed by atoms with E-state index in [2.05, 4.69) is 5.32 Å². The third-order valence-corrected chi connectivity index (χ3v) is 7.00. The van der Waals surface area contributed by atoms with Crippen LogP contribution in [0.25, 0.3) is 0 Å². The van der Waals surface area contributed by atoms with Crippen LogP contribution in [-0.2, 0) is 26.0 Å². The summed E-state index contributed by atoms with van der Waals surface area (Å²) in [6.45, 7) is 8.03. The van der Waals surface area contributed by atoms with Gasteiger partial charge in [0.05, 0.1) is 11.9 Å². The van der Waals surface area contributed by atoms with Gasteiger partial charge in [0.2, 0.25) is 21.8 Å². The number of sulfonamides is 1. The van der Waals surface area contributed by atoms with Gasteiger partial charge >= 0.3 is 0 Å². The van der Waals surface area contributed by atoms with Crippen LogP contribution < -0.4 is 19.1 Å². The van der Waals surface area contributed by atoms with Crippen molar-refractivity contribution in [3.05, 3.63) is 54.1 Å². The Balaban J connectivity index is 1.91. The van der Waals surface area contributed by atoms with Gasteiger partial charge in [-0.2, -0.15) is 0 Å². The van der Waals surface area contributed by atoms with Crippen molar-refractivity contribution in [3.8, 4) is 11.5 Å². The molecule has 0 saturated carbocycles. The highest BCUT2D eigenvalue weighted by molar-refractivity contribution is 7.92. The maximum atomic E-state index is 13.7. The lowest BCUT2D eigenvalue weighted by molar-refractivity contribution is -0.140. The average molecular weight is 532 g/mol. The van der Waals surface area contributed by atoms with Gasteiger partial charge in [-0.1, -0.05) is 37.3 Å². The Morgan fingerprint density at radius 1 is 1.03 bits per heavy atom. The molecule has 1 N–H and O–H groups in total. The van der Waals surface area contributed by atoms with Crippen molar-refractivity contribution in [1.82, 2.24) is 10.2 Å². The van der Waals surface area contributed by atoms with Crippen LogP contribution in [0.15, 0.2) is 48.5 Å². The number of rotatable bonds is 10. The number of nitrogens with zero attached hydrogens (tertiary/aromatic N) is 2. The Morgan fingerprint density at radius 2 is 1.68 bits per heavy atom. The van der Waals surface area contributed by atoms with Gasteiger partial charge in [-0.05, 0) is 51.3 Å². The predicted octanol–water partition coefficient (Wildman–Crippen LogP) is 2.99. The topological polar surface area (TPSA) is 105 Å². The van der Waals surface area contributed by atoms with Gasteiger partial charge in [-0.15, -0.1) is 0 Å². The molecule has 1 heterocycles. The molecule has 3 rings (SSSR count). The van der Waals surface area contributed by atoms with Crippen LogP contribution in [0, 0.1) is 0 Å². The van der Waals surface area contributed by atoms with E-state index in [4.69, 9.17) is 9.47 Å². The molecule has 0 aromatic heterocycles. The Kier molecular flexibility index (Phi) is 9.07. The van der Waals surface area contributed by atoms with E-state index in [-0.39, 0.29) is 18.1 Å². The molecule has 0 aliphatic carbocycles. The van der Waals surface area contributed by atoms with Gasteiger partial charge in [-0.3, -0.25) is 13.9 Å². The fraction of sp³-hybridized carbons (Fsp3) is 0.481. The fourth-order valence-electron chi connectivity index (χ4n) is 4.15. The second-order valence-electron chi connectivity index (χ2n) is 10.1. The summed E-state index contributed by atoms with van der Waals surface area (Å²) >= 11 is 0. The van der Waals surface area contributed by atoms with Crippen LogP contribution in [0.3, 0.4) is 0 Å². The van der Waals surface area contributed by atoms with Crippen molar-refractivity contribution in [2.24, 2.45) is 0 Å². The number of anilines is 1. The first-order chi connectivity index (χ1) is 17.4. The minimum Gasteiger partial charge on any atom is -0.486 e. The quantitative estimate of drug-likeness (QED) is 0.505. The number of fused-ring (bicyclic) bond motifs is 1. The molecule has 37 heavy (non-hydrogen) atoms. The van der Waals surface area contributed by atoms with E-state index in [9.17, 15) is 18.0 Å². The second kappa shape index (κ2) is 11.9. The van der Waals surface area contributed by atoms with Crippen molar-refractivity contribution in [2.45, 2.75) is 52.1 Å². The highest BCUT2D eigenvalue weighted by Crippen LogP contribution is 2.34. The Morgan fingerprint density at radius 3 is 2.27 bits per heavy atom. The lowest BCUT2D eigenvalue weighted by atomic mass is 10.1. The molecule has 10 heteroatoms. The van der Waals surface area contributed by atoms with Crippen molar-refractivity contribution in [3.63, 3.8) is 0 Å². The summed E-state index contributed by atoms with van der Waals surface area (Å²) < 4.78 is 37.8. The number of hydrogen-bond donors (Lipinski definition) is 1. The molecule has 2 aromatic rings. The van der Waals surface area contributed by atoms with Gasteiger partial charge in [0.15, 0.2) is 11.5 Å². The van der Waals surface area contributed by atoms with Crippen LogP contribution in [0.4, 0.5) is 5.69 Å². The van der Waals surface area contributed by atoms with E-state index < -0.39 is 34.1 Å². The number of ether oxygens (including phenoxy) is 2. The summed E-state index contributed by atoms with van der Waals surface area (Å²) in [6.07, 6.45) is 1.95. The molecule has 0 fully saturated rings. The minimum absolute atomic E-state index is 0.262. The Labute approximate surface area is 219 Å². The summed E-state index contributed by atoms with van der Waals surface area (Å²) in [6, 6.07) is 13.7. The zero-order chi connectivity index (χ0) is 27.2. The molecule has 9 nitrogen and oxygen atoms in total. The molecule has 0 spiro atoms. The van der Waals surface area contributed by atoms with Crippen LogP contribution in [0.5, 0.6) is 11.5 Å². The second-order valence-corrected chi connectivity index (χ2v) is 12.0. The normalized spacial score (nSPS) is 14.0. The Bertz CT molecular complexity index is 1190. The summed E-state index contributed by atoms with van der Waals surface area (Å²) in [7, 11) is -3.83. The molecule has 1 aliphatic rings. The lowest BCUT2D eigenvalue weighted by Crippen LogP contribution is -2.56. The molecule has 0 unspecified atom stereocenters. The van der Waals surface area contributed by atoms with Crippen LogP contribution in [0.2, 0.25) is 0 Å². The lowest BCUT2D eigenvalue weighted by Gasteiger charge is -2.34. The molecule has 0 bridgehead atoms. The van der Waals surface area contributed by atoms with E-state index in [0.29, 0.717) is 37.6 Å². The van der Waals surface area contributed by atoms with E-state index in [1.54, 1.807) is 18.2 Å². The number of carbonyl (C=O) groups is 2. The van der Waals surface area contributed by atoms with Gasteiger partial charge in [0, 0.05) is 18.2 Å². The van der Waals surface area contributed by atoms with E-state index >= 15 is 0 Å². The summed E-state index contributed by atoms with van der Waals surface area (Å²) in [5, 5.41) is 2.96. The fourth-order valence-corrected chi connectivity index (χ4v) is 4.99. The molecule has 2 aromatic carbocycles. The van der Waals surface area contributed by atoms with Gasteiger partial charge in [0.25, 0.3) is 0 Å². The van der Waals surface area contributed by atoms with E-state index in [1.807, 2.05) is 58.0 Å². The number of benzene rings is 2. The molecule has 1 aliphatic heterocycles. The number of amides is 2. The zero-order valence-electron chi connectivity index (χ0n) is 22.2. The van der Waals surface area contributed by atoms with Crippen LogP contribution in [0.1, 0.15) is 39.7 Å². The molecule has 1 atom stereocenters. The van der Waals surface area contributed by atoms with Gasteiger partial charge < -0.3 is 19.7 Å². The maximum absolute atomic E-state index is 13.7. The van der Waals surface area contributed by atoms with Crippen LogP contribution in [-0.4, -0.2) is 69.3 Å². The smallest absolute Gasteiger partial charge is 0.244 e. The van der Waals surface area contributed by atoms with Gasteiger partial charge in [-0.25, -0.2) is 8.42 Å². The standard InChI is InChI=1S/C27H37N3O6S/c1-6-22(26(32)28-27(2,3)4)29(15-14-20-10-8-7-9-11-20)25(31)19-30(37(5,33)34)21-12-13-23-24(18-21)36-17-16-35-23/h7-13,18,22H,6,14-17,19H2,1-5H3,(H,28,32)/t22-/m0/s1. The summed E-state index contributed by atoms with van der Waals surface area (Å²) in [4.78, 5) is 28.4. The zero-order valence-corrected chi connectivity index (χ0v) is 23.0. The monoisotopic (exact) mass is 531 g/mol.